The molecule has 4 aromatic rings. The third-order valence-corrected chi connectivity index (χ3v) is 8.01. The highest BCUT2D eigenvalue weighted by molar-refractivity contribution is 6.30. The number of imidazole rings is 1. The van der Waals surface area contributed by atoms with Gasteiger partial charge < -0.3 is 9.30 Å². The first-order chi connectivity index (χ1) is 17.9. The molecule has 0 amide bonds. The Balaban J connectivity index is 1.49. The Bertz CT molecular complexity index is 1460. The normalized spacial score (nSPS) is 20.9. The molecule has 4 aromatic heterocycles. The van der Waals surface area contributed by atoms with Crippen LogP contribution in [0.25, 0.3) is 33.8 Å². The Labute approximate surface area is 219 Å². The molecule has 0 aromatic carbocycles. The van der Waals surface area contributed by atoms with Crippen molar-refractivity contribution in [3.8, 4) is 22.8 Å². The minimum Gasteiger partial charge on any atom is -0.370 e. The lowest BCUT2D eigenvalue weighted by atomic mass is 9.83. The van der Waals surface area contributed by atoms with Crippen LogP contribution >= 0.6 is 11.6 Å². The van der Waals surface area contributed by atoms with Gasteiger partial charge in [-0.3, -0.25) is 14.5 Å². The van der Waals surface area contributed by atoms with E-state index in [4.69, 9.17) is 30.8 Å². The van der Waals surface area contributed by atoms with Crippen LogP contribution < -0.4 is 5.76 Å². The molecule has 37 heavy (non-hydrogen) atoms. The molecule has 1 atom stereocenters. The van der Waals surface area contributed by atoms with E-state index in [0.29, 0.717) is 34.9 Å². The lowest BCUT2D eigenvalue weighted by Gasteiger charge is -2.27. The Kier molecular flexibility index (Phi) is 6.58. The molecule has 0 radical (unpaired) electrons. The summed E-state index contributed by atoms with van der Waals surface area (Å²) in [5.74, 6) is 2.47. The number of aromatic amines is 1. The van der Waals surface area contributed by atoms with Crippen LogP contribution in [-0.2, 0) is 17.9 Å². The molecule has 2 aliphatic carbocycles. The molecule has 2 fully saturated rings. The molecule has 0 bridgehead atoms. The van der Waals surface area contributed by atoms with E-state index in [1.165, 1.54) is 38.5 Å². The van der Waals surface area contributed by atoms with E-state index in [-0.39, 0.29) is 11.9 Å². The van der Waals surface area contributed by atoms with Crippen LogP contribution in [0.1, 0.15) is 58.2 Å². The molecule has 1 unspecified atom stereocenters. The van der Waals surface area contributed by atoms with E-state index < -0.39 is 5.76 Å². The van der Waals surface area contributed by atoms with Crippen molar-refractivity contribution < 1.29 is 9.26 Å². The predicted molar refractivity (Wildman–Crippen MR) is 140 cm³/mol. The van der Waals surface area contributed by atoms with Gasteiger partial charge in [-0.25, -0.2) is 14.8 Å². The second kappa shape index (κ2) is 10.0. The third-order valence-electron chi connectivity index (χ3n) is 7.80. The first-order valence-corrected chi connectivity index (χ1v) is 13.5. The zero-order valence-electron chi connectivity index (χ0n) is 21.1. The van der Waals surface area contributed by atoms with Gasteiger partial charge in [0.2, 0.25) is 5.82 Å². The van der Waals surface area contributed by atoms with E-state index in [0.717, 1.165) is 34.9 Å². The highest BCUT2D eigenvalue weighted by Crippen LogP contribution is 2.37. The summed E-state index contributed by atoms with van der Waals surface area (Å²) in [5, 5.41) is 4.37. The minimum absolute atomic E-state index is 0.203. The number of hydrogen-bond acceptors (Lipinski definition) is 7. The van der Waals surface area contributed by atoms with E-state index in [2.05, 4.69) is 33.5 Å². The van der Waals surface area contributed by atoms with E-state index in [1.54, 1.807) is 12.4 Å². The number of aromatic nitrogens is 6. The fourth-order valence-corrected chi connectivity index (χ4v) is 5.57. The van der Waals surface area contributed by atoms with Gasteiger partial charge in [0.1, 0.15) is 18.1 Å². The lowest BCUT2D eigenvalue weighted by molar-refractivity contribution is 0.0330. The fraction of sp³-hybridized carbons (Fsp3) is 0.519. The number of nitrogens with one attached hydrogen (secondary N) is 1. The molecule has 4 heterocycles. The molecule has 10 heteroatoms. The molecule has 1 N–H and O–H groups in total. The molecule has 194 valence electrons. The average molecular weight is 523 g/mol. The first-order valence-electron chi connectivity index (χ1n) is 13.1. The minimum atomic E-state index is -0.636. The quantitative estimate of drug-likeness (QED) is 0.319. The number of halogens is 1. The largest absolute Gasteiger partial charge is 0.439 e. The summed E-state index contributed by atoms with van der Waals surface area (Å²) in [6.45, 7) is 5.77. The van der Waals surface area contributed by atoms with Gasteiger partial charge in [0, 0.05) is 24.5 Å². The van der Waals surface area contributed by atoms with Crippen molar-refractivity contribution in [2.24, 2.45) is 17.8 Å². The predicted octanol–water partition coefficient (Wildman–Crippen LogP) is 5.63. The van der Waals surface area contributed by atoms with Crippen molar-refractivity contribution in [2.45, 2.75) is 71.6 Å². The van der Waals surface area contributed by atoms with Crippen LogP contribution in [0, 0.1) is 17.8 Å². The molecule has 2 saturated carbocycles. The summed E-state index contributed by atoms with van der Waals surface area (Å²) >= 11 is 6.33. The molecule has 2 aliphatic rings. The molecule has 0 saturated heterocycles. The second-order valence-electron chi connectivity index (χ2n) is 10.7. The van der Waals surface area contributed by atoms with Gasteiger partial charge in [0.05, 0.1) is 27.9 Å². The van der Waals surface area contributed by atoms with Gasteiger partial charge in [-0.1, -0.05) is 36.5 Å². The van der Waals surface area contributed by atoms with E-state index in [1.807, 2.05) is 12.1 Å². The number of hydrogen-bond donors (Lipinski definition) is 1. The maximum atomic E-state index is 11.7. The van der Waals surface area contributed by atoms with Crippen molar-refractivity contribution in [2.75, 3.05) is 0 Å². The lowest BCUT2D eigenvalue weighted by Crippen LogP contribution is -2.20. The van der Waals surface area contributed by atoms with Crippen molar-refractivity contribution in [3.05, 3.63) is 45.9 Å². The van der Waals surface area contributed by atoms with Gasteiger partial charge in [-0.15, -0.1) is 0 Å². The molecule has 0 aliphatic heterocycles. The summed E-state index contributed by atoms with van der Waals surface area (Å²) in [5.41, 5.74) is 3.58. The zero-order valence-corrected chi connectivity index (χ0v) is 21.9. The Morgan fingerprint density at radius 3 is 2.68 bits per heavy atom. The fourth-order valence-electron chi connectivity index (χ4n) is 5.39. The van der Waals surface area contributed by atoms with Gasteiger partial charge in [-0.05, 0) is 62.5 Å². The number of nitrogens with zero attached hydrogens (tertiary/aromatic N) is 5. The van der Waals surface area contributed by atoms with Crippen LogP contribution in [0.5, 0.6) is 0 Å². The SMILES string of the molecule is CC(OCc1nc2cc(-c3noc(=O)[nH]3)nc(-c3cncc(Cl)c3)c2n1C[C@H]1CC[C@H](C)CC1)C1CC1. The summed E-state index contributed by atoms with van der Waals surface area (Å²) < 4.78 is 13.3. The summed E-state index contributed by atoms with van der Waals surface area (Å²) in [6, 6.07) is 3.69. The smallest absolute Gasteiger partial charge is 0.370 e. The highest BCUT2D eigenvalue weighted by atomic mass is 35.5. The van der Waals surface area contributed by atoms with Crippen LogP contribution in [0.2, 0.25) is 5.02 Å². The zero-order chi connectivity index (χ0) is 25.5. The van der Waals surface area contributed by atoms with E-state index >= 15 is 0 Å². The molecule has 6 rings (SSSR count). The third kappa shape index (κ3) is 5.20. The number of H-pyrrole nitrogens is 1. The topological polar surface area (TPSA) is 112 Å². The number of pyridine rings is 2. The molecule has 0 spiro atoms. The number of fused-ring (bicyclic) bond motifs is 1. The van der Waals surface area contributed by atoms with Crippen LogP contribution in [0.4, 0.5) is 0 Å². The van der Waals surface area contributed by atoms with Crippen LogP contribution in [-0.4, -0.2) is 35.8 Å². The van der Waals surface area contributed by atoms with Crippen molar-refractivity contribution in [3.63, 3.8) is 0 Å². The highest BCUT2D eigenvalue weighted by Gasteiger charge is 2.30. The van der Waals surface area contributed by atoms with Gasteiger partial charge in [0.25, 0.3) is 0 Å². The number of ether oxygens (including phenoxy) is 1. The first kappa shape index (κ1) is 24.3. The van der Waals surface area contributed by atoms with Crippen molar-refractivity contribution in [1.29, 1.82) is 0 Å². The second-order valence-corrected chi connectivity index (χ2v) is 11.1. The Hall–Kier alpha value is -3.04. The summed E-state index contributed by atoms with van der Waals surface area (Å²) in [4.78, 5) is 28.5. The van der Waals surface area contributed by atoms with Crippen LogP contribution in [0.15, 0.2) is 33.8 Å². The van der Waals surface area contributed by atoms with Gasteiger partial charge in [-0.2, -0.15) is 0 Å². The molecular formula is C27H31ClN6O3. The van der Waals surface area contributed by atoms with Gasteiger partial charge >= 0.3 is 5.76 Å². The monoisotopic (exact) mass is 522 g/mol. The average Bonchev–Trinajstić information content (AvgIpc) is 3.57. The maximum Gasteiger partial charge on any atom is 0.439 e. The Morgan fingerprint density at radius 2 is 1.97 bits per heavy atom. The van der Waals surface area contributed by atoms with Crippen molar-refractivity contribution >= 4 is 22.6 Å². The van der Waals surface area contributed by atoms with Crippen LogP contribution in [0.3, 0.4) is 0 Å². The standard InChI is InChI=1S/C27H31ClN6O3/c1-15-3-5-17(6-4-15)13-34-23(14-36-16(2)18-7-8-18)30-21-10-22(26-32-27(35)37-33-26)31-24(25(21)34)19-9-20(28)12-29-11-19/h9-12,15-18H,3-8,13-14H2,1-2H3,(H,32,33,35)/t15-,16?,17-. The Morgan fingerprint density at radius 1 is 1.16 bits per heavy atom. The maximum absolute atomic E-state index is 11.7. The molecule has 9 nitrogen and oxygen atoms in total. The van der Waals surface area contributed by atoms with Gasteiger partial charge in [0.15, 0.2) is 0 Å². The summed E-state index contributed by atoms with van der Waals surface area (Å²) in [7, 11) is 0. The number of rotatable bonds is 8. The van der Waals surface area contributed by atoms with E-state index in [9.17, 15) is 4.79 Å². The summed E-state index contributed by atoms with van der Waals surface area (Å²) in [6.07, 6.45) is 10.9. The molecular weight excluding hydrogens is 492 g/mol. The van der Waals surface area contributed by atoms with Crippen molar-refractivity contribution in [1.82, 2.24) is 29.7 Å².